The van der Waals surface area contributed by atoms with Gasteiger partial charge in [-0.2, -0.15) is 0 Å². The molecule has 118 valence electrons. The molecule has 1 heterocycles. The van der Waals surface area contributed by atoms with E-state index >= 15 is 0 Å². The van der Waals surface area contributed by atoms with Gasteiger partial charge in [0.05, 0.1) is 20.6 Å². The molecule has 0 bridgehead atoms. The molecule has 0 aliphatic heterocycles. The van der Waals surface area contributed by atoms with Gasteiger partial charge in [0.1, 0.15) is 6.17 Å². The minimum absolute atomic E-state index is 0.272. The number of halogens is 5. The second-order valence-electron chi connectivity index (χ2n) is 4.17. The van der Waals surface area contributed by atoms with Gasteiger partial charge in [-0.3, -0.25) is 4.79 Å². The summed E-state index contributed by atoms with van der Waals surface area (Å²) in [6.07, 6.45) is -0.997. The molecule has 0 aliphatic carbocycles. The molecule has 22 heavy (non-hydrogen) atoms. The van der Waals surface area contributed by atoms with E-state index in [0.29, 0.717) is 15.6 Å². The van der Waals surface area contributed by atoms with Crippen molar-refractivity contribution in [1.82, 2.24) is 5.32 Å². The summed E-state index contributed by atoms with van der Waals surface area (Å²) in [5.74, 6) is -0.364. The summed E-state index contributed by atoms with van der Waals surface area (Å²) in [7, 11) is 0. The first kappa shape index (κ1) is 18.0. The van der Waals surface area contributed by atoms with E-state index in [0.717, 1.165) is 0 Å². The molecule has 0 radical (unpaired) electrons. The van der Waals surface area contributed by atoms with Crippen LogP contribution in [0.4, 0.5) is 5.69 Å². The van der Waals surface area contributed by atoms with Gasteiger partial charge in [-0.1, -0.05) is 70.1 Å². The fraction of sp³-hybridized carbons (Fsp3) is 0.154. The van der Waals surface area contributed by atoms with Crippen LogP contribution in [-0.4, -0.2) is 15.9 Å². The topological polar surface area (TPSA) is 41.1 Å². The molecule has 0 fully saturated rings. The first-order chi connectivity index (χ1) is 10.3. The van der Waals surface area contributed by atoms with Gasteiger partial charge in [-0.05, 0) is 23.6 Å². The van der Waals surface area contributed by atoms with Gasteiger partial charge in [0, 0.05) is 0 Å². The third-order valence-corrected chi connectivity index (χ3v) is 4.94. The number of rotatable bonds is 4. The van der Waals surface area contributed by atoms with Crippen LogP contribution < -0.4 is 10.6 Å². The Kier molecular flexibility index (Phi) is 6.11. The highest BCUT2D eigenvalue weighted by Gasteiger charge is 2.34. The second-order valence-corrected chi connectivity index (χ2v) is 8.27. The molecule has 3 nitrogen and oxygen atoms in total. The maximum absolute atomic E-state index is 12.1. The zero-order valence-corrected chi connectivity index (χ0v) is 15.3. The molecule has 9 heteroatoms. The number of carbonyl (C=O) groups excluding carboxylic acids is 1. The van der Waals surface area contributed by atoms with E-state index in [1.54, 1.807) is 35.7 Å². The Balaban J connectivity index is 2.20. The summed E-state index contributed by atoms with van der Waals surface area (Å²) >= 11 is 31.1. The number of amides is 1. The lowest BCUT2D eigenvalue weighted by Crippen LogP contribution is -2.49. The van der Waals surface area contributed by atoms with Gasteiger partial charge in [0.25, 0.3) is 5.91 Å². The number of thiophene rings is 1. The Bertz CT molecular complexity index is 657. The normalized spacial score (nSPS) is 12.8. The van der Waals surface area contributed by atoms with Crippen molar-refractivity contribution in [3.8, 4) is 0 Å². The average molecular weight is 419 g/mol. The molecule has 0 aliphatic rings. The highest BCUT2D eigenvalue weighted by atomic mass is 35.6. The molecule has 2 aromatic rings. The number of hydrogen-bond acceptors (Lipinski definition) is 3. The van der Waals surface area contributed by atoms with E-state index in [1.165, 1.54) is 11.3 Å². The summed E-state index contributed by atoms with van der Waals surface area (Å²) < 4.78 is -1.79. The molecule has 2 rings (SSSR count). The zero-order valence-electron chi connectivity index (χ0n) is 10.7. The quantitative estimate of drug-likeness (QED) is 0.502. The third-order valence-electron chi connectivity index (χ3n) is 2.60. The van der Waals surface area contributed by atoms with Crippen LogP contribution in [0.3, 0.4) is 0 Å². The Morgan fingerprint density at radius 2 is 1.86 bits per heavy atom. The van der Waals surface area contributed by atoms with Gasteiger partial charge in [-0.25, -0.2) is 0 Å². The fourth-order valence-corrected chi connectivity index (χ4v) is 2.89. The van der Waals surface area contributed by atoms with E-state index in [4.69, 9.17) is 58.0 Å². The molecule has 1 aromatic carbocycles. The van der Waals surface area contributed by atoms with Crippen LogP contribution in [0.1, 0.15) is 9.67 Å². The summed E-state index contributed by atoms with van der Waals surface area (Å²) in [6.45, 7) is 0. The van der Waals surface area contributed by atoms with E-state index in [2.05, 4.69) is 10.6 Å². The number of alkyl halides is 3. The van der Waals surface area contributed by atoms with E-state index in [9.17, 15) is 4.79 Å². The molecule has 1 unspecified atom stereocenters. The van der Waals surface area contributed by atoms with Gasteiger partial charge in [0.15, 0.2) is 0 Å². The van der Waals surface area contributed by atoms with Crippen LogP contribution in [0.25, 0.3) is 0 Å². The smallest absolute Gasteiger partial charge is 0.263 e. The first-order valence-corrected chi connectivity index (χ1v) is 8.67. The van der Waals surface area contributed by atoms with E-state index < -0.39 is 9.96 Å². The van der Waals surface area contributed by atoms with Crippen LogP contribution in [0.15, 0.2) is 35.7 Å². The second kappa shape index (κ2) is 7.47. The summed E-state index contributed by atoms with van der Waals surface area (Å²) in [4.78, 5) is 12.6. The summed E-state index contributed by atoms with van der Waals surface area (Å²) in [5, 5.41) is 7.90. The van der Waals surface area contributed by atoms with Crippen molar-refractivity contribution in [2.45, 2.75) is 9.96 Å². The SMILES string of the molecule is O=C(NC(Nc1cccc(Cl)c1Cl)C(Cl)(Cl)Cl)c1cccs1. The lowest BCUT2D eigenvalue weighted by Gasteiger charge is -2.27. The molecular formula is C13H9Cl5N2OS. The lowest BCUT2D eigenvalue weighted by molar-refractivity contribution is 0.0946. The van der Waals surface area contributed by atoms with Gasteiger partial charge < -0.3 is 10.6 Å². The molecular weight excluding hydrogens is 409 g/mol. The number of nitrogens with one attached hydrogen (secondary N) is 2. The summed E-state index contributed by atoms with van der Waals surface area (Å²) in [5.41, 5.74) is 0.442. The van der Waals surface area contributed by atoms with Crippen molar-refractivity contribution in [3.63, 3.8) is 0 Å². The average Bonchev–Trinajstić information content (AvgIpc) is 2.96. The first-order valence-electron chi connectivity index (χ1n) is 5.90. The van der Waals surface area contributed by atoms with E-state index in [1.807, 2.05) is 0 Å². The lowest BCUT2D eigenvalue weighted by atomic mass is 10.3. The largest absolute Gasteiger partial charge is 0.361 e. The third kappa shape index (κ3) is 4.57. The highest BCUT2D eigenvalue weighted by molar-refractivity contribution is 7.12. The number of anilines is 1. The Morgan fingerprint density at radius 1 is 1.14 bits per heavy atom. The van der Waals surface area contributed by atoms with Crippen molar-refractivity contribution in [2.75, 3.05) is 5.32 Å². The van der Waals surface area contributed by atoms with Crippen molar-refractivity contribution in [1.29, 1.82) is 0 Å². The molecule has 0 saturated carbocycles. The molecule has 1 amide bonds. The Morgan fingerprint density at radius 3 is 2.45 bits per heavy atom. The maximum Gasteiger partial charge on any atom is 0.263 e. The predicted molar refractivity (Wildman–Crippen MR) is 95.9 cm³/mol. The van der Waals surface area contributed by atoms with Gasteiger partial charge in [-0.15, -0.1) is 11.3 Å². The molecule has 1 atom stereocenters. The van der Waals surface area contributed by atoms with Gasteiger partial charge in [0.2, 0.25) is 3.79 Å². The fourth-order valence-electron chi connectivity index (χ4n) is 1.58. The van der Waals surface area contributed by atoms with E-state index in [-0.39, 0.29) is 10.9 Å². The van der Waals surface area contributed by atoms with Crippen LogP contribution >= 0.6 is 69.3 Å². The maximum atomic E-state index is 12.1. The minimum Gasteiger partial charge on any atom is -0.361 e. The van der Waals surface area contributed by atoms with Crippen molar-refractivity contribution in [3.05, 3.63) is 50.6 Å². The van der Waals surface area contributed by atoms with Crippen LogP contribution in [-0.2, 0) is 0 Å². The van der Waals surface area contributed by atoms with Crippen molar-refractivity contribution in [2.24, 2.45) is 0 Å². The number of carbonyl (C=O) groups is 1. The van der Waals surface area contributed by atoms with Crippen LogP contribution in [0.5, 0.6) is 0 Å². The highest BCUT2D eigenvalue weighted by Crippen LogP contribution is 2.35. The van der Waals surface area contributed by atoms with Crippen LogP contribution in [0.2, 0.25) is 10.0 Å². The Labute approximate surface area is 156 Å². The zero-order chi connectivity index (χ0) is 16.3. The standard InChI is InChI=1S/C13H9Cl5N2OS/c14-7-3-1-4-8(10(7)15)19-12(13(16,17)18)20-11(21)9-5-2-6-22-9/h1-6,12,19H,(H,20,21). The van der Waals surface area contributed by atoms with Gasteiger partial charge >= 0.3 is 0 Å². The Hall–Kier alpha value is -0.360. The molecule has 0 saturated heterocycles. The predicted octanol–water partition coefficient (Wildman–Crippen LogP) is 5.59. The number of hydrogen-bond donors (Lipinski definition) is 2. The molecule has 1 aromatic heterocycles. The van der Waals surface area contributed by atoms with Crippen molar-refractivity contribution >= 4 is 80.9 Å². The minimum atomic E-state index is -1.79. The van der Waals surface area contributed by atoms with Crippen LogP contribution in [0, 0.1) is 0 Å². The summed E-state index contributed by atoms with van der Waals surface area (Å²) in [6, 6.07) is 8.40. The molecule has 2 N–H and O–H groups in total. The monoisotopic (exact) mass is 416 g/mol. The molecule has 0 spiro atoms. The van der Waals surface area contributed by atoms with Crippen molar-refractivity contribution < 1.29 is 4.79 Å². The number of benzene rings is 1.